The van der Waals surface area contributed by atoms with Crippen molar-refractivity contribution in [1.82, 2.24) is 5.32 Å². The molecule has 0 amide bonds. The van der Waals surface area contributed by atoms with Gasteiger partial charge in [-0.25, -0.2) is 0 Å². The number of nitrogens with one attached hydrogen (secondary N) is 1. The van der Waals surface area contributed by atoms with Gasteiger partial charge in [0, 0.05) is 6.04 Å². The van der Waals surface area contributed by atoms with Crippen molar-refractivity contribution >= 4 is 0 Å². The minimum atomic E-state index is 0.419. The van der Waals surface area contributed by atoms with Crippen molar-refractivity contribution in [3.8, 4) is 0 Å². The molecule has 0 saturated carbocycles. The Morgan fingerprint density at radius 2 is 2.67 bits per heavy atom. The zero-order valence-electron chi connectivity index (χ0n) is 7.68. The van der Waals surface area contributed by atoms with Crippen LogP contribution in [0.15, 0.2) is 24.5 Å². The minimum Gasteiger partial charge on any atom is -0.501 e. The predicted molar refractivity (Wildman–Crippen MR) is 50.9 cm³/mol. The average molecular weight is 167 g/mol. The highest BCUT2D eigenvalue weighted by Crippen LogP contribution is 2.17. The highest BCUT2D eigenvalue weighted by atomic mass is 16.5. The average Bonchev–Trinajstić information content (AvgIpc) is 2.15. The molecule has 0 aromatic rings. The van der Waals surface area contributed by atoms with Crippen LogP contribution in [0.2, 0.25) is 0 Å². The van der Waals surface area contributed by atoms with E-state index in [1.807, 2.05) is 19.4 Å². The van der Waals surface area contributed by atoms with Gasteiger partial charge in [0.2, 0.25) is 0 Å². The van der Waals surface area contributed by atoms with Crippen LogP contribution >= 0.6 is 0 Å². The summed E-state index contributed by atoms with van der Waals surface area (Å²) >= 11 is 0. The van der Waals surface area contributed by atoms with Gasteiger partial charge in [-0.1, -0.05) is 6.08 Å². The van der Waals surface area contributed by atoms with Gasteiger partial charge < -0.3 is 10.1 Å². The SMILES string of the molecule is C=CCC(NC)C1=COCCC1. The third kappa shape index (κ3) is 2.38. The van der Waals surface area contributed by atoms with Crippen LogP contribution < -0.4 is 5.32 Å². The molecule has 2 heteroatoms. The third-order valence-corrected chi connectivity index (χ3v) is 2.16. The van der Waals surface area contributed by atoms with Gasteiger partial charge in [0.1, 0.15) is 0 Å². The van der Waals surface area contributed by atoms with Crippen LogP contribution in [0.5, 0.6) is 0 Å². The molecule has 0 spiro atoms. The fourth-order valence-corrected chi connectivity index (χ4v) is 1.46. The quantitative estimate of drug-likeness (QED) is 0.645. The molecule has 0 radical (unpaired) electrons. The lowest BCUT2D eigenvalue weighted by atomic mass is 10.00. The Hall–Kier alpha value is -0.760. The second kappa shape index (κ2) is 4.99. The van der Waals surface area contributed by atoms with Gasteiger partial charge in [0.05, 0.1) is 12.9 Å². The number of hydrogen-bond acceptors (Lipinski definition) is 2. The molecule has 68 valence electrons. The van der Waals surface area contributed by atoms with Crippen molar-refractivity contribution in [3.63, 3.8) is 0 Å². The summed E-state index contributed by atoms with van der Waals surface area (Å²) in [4.78, 5) is 0. The summed E-state index contributed by atoms with van der Waals surface area (Å²) in [7, 11) is 1.98. The van der Waals surface area contributed by atoms with Crippen molar-refractivity contribution in [3.05, 3.63) is 24.5 Å². The maximum absolute atomic E-state index is 5.27. The van der Waals surface area contributed by atoms with Crippen LogP contribution in [0.1, 0.15) is 19.3 Å². The third-order valence-electron chi connectivity index (χ3n) is 2.16. The van der Waals surface area contributed by atoms with Crippen LogP contribution in [0.4, 0.5) is 0 Å². The number of hydrogen-bond donors (Lipinski definition) is 1. The molecular formula is C10H17NO. The van der Waals surface area contributed by atoms with E-state index in [9.17, 15) is 0 Å². The van der Waals surface area contributed by atoms with E-state index in [1.54, 1.807) is 0 Å². The van der Waals surface area contributed by atoms with Gasteiger partial charge in [0.15, 0.2) is 0 Å². The first-order chi connectivity index (χ1) is 5.88. The molecule has 0 aromatic carbocycles. The van der Waals surface area contributed by atoms with Crippen LogP contribution in [0, 0.1) is 0 Å². The Morgan fingerprint density at radius 1 is 1.83 bits per heavy atom. The van der Waals surface area contributed by atoms with E-state index in [4.69, 9.17) is 4.74 Å². The maximum Gasteiger partial charge on any atom is 0.0876 e. The molecule has 2 nitrogen and oxygen atoms in total. The second-order valence-corrected chi connectivity index (χ2v) is 3.03. The van der Waals surface area contributed by atoms with Gasteiger partial charge >= 0.3 is 0 Å². The van der Waals surface area contributed by atoms with Crippen molar-refractivity contribution in [1.29, 1.82) is 0 Å². The fourth-order valence-electron chi connectivity index (χ4n) is 1.46. The number of likely N-dealkylation sites (N-methyl/N-ethyl adjacent to an activating group) is 1. The lowest BCUT2D eigenvalue weighted by Gasteiger charge is -2.21. The van der Waals surface area contributed by atoms with Gasteiger partial charge in [-0.3, -0.25) is 0 Å². The first kappa shape index (κ1) is 9.33. The van der Waals surface area contributed by atoms with E-state index in [1.165, 1.54) is 5.57 Å². The second-order valence-electron chi connectivity index (χ2n) is 3.03. The zero-order valence-corrected chi connectivity index (χ0v) is 7.68. The van der Waals surface area contributed by atoms with E-state index in [-0.39, 0.29) is 0 Å². The van der Waals surface area contributed by atoms with E-state index in [0.717, 1.165) is 25.9 Å². The Kier molecular flexibility index (Phi) is 3.88. The first-order valence-electron chi connectivity index (χ1n) is 4.47. The molecule has 1 rings (SSSR count). The molecule has 1 aliphatic rings. The van der Waals surface area contributed by atoms with Crippen molar-refractivity contribution in [2.24, 2.45) is 0 Å². The van der Waals surface area contributed by atoms with Crippen molar-refractivity contribution in [2.45, 2.75) is 25.3 Å². The van der Waals surface area contributed by atoms with Gasteiger partial charge in [0.25, 0.3) is 0 Å². The maximum atomic E-state index is 5.27. The summed E-state index contributed by atoms with van der Waals surface area (Å²) in [6.07, 6.45) is 7.11. The van der Waals surface area contributed by atoms with Crippen LogP contribution in [0.25, 0.3) is 0 Å². The molecule has 0 saturated heterocycles. The standard InChI is InChI=1S/C10H17NO/c1-3-5-10(11-2)9-6-4-7-12-8-9/h3,8,10-11H,1,4-7H2,2H3. The first-order valence-corrected chi connectivity index (χ1v) is 4.47. The molecule has 1 N–H and O–H groups in total. The van der Waals surface area contributed by atoms with E-state index < -0.39 is 0 Å². The topological polar surface area (TPSA) is 21.3 Å². The molecular weight excluding hydrogens is 150 g/mol. The summed E-state index contributed by atoms with van der Waals surface area (Å²) in [5.74, 6) is 0. The summed E-state index contributed by atoms with van der Waals surface area (Å²) in [6, 6.07) is 0.419. The summed E-state index contributed by atoms with van der Waals surface area (Å²) in [5.41, 5.74) is 1.36. The van der Waals surface area contributed by atoms with Crippen molar-refractivity contribution in [2.75, 3.05) is 13.7 Å². The summed E-state index contributed by atoms with van der Waals surface area (Å²) < 4.78 is 5.27. The molecule has 0 fully saturated rings. The monoisotopic (exact) mass is 167 g/mol. The fraction of sp³-hybridized carbons (Fsp3) is 0.600. The Balaban J connectivity index is 2.50. The molecule has 0 bridgehead atoms. The lowest BCUT2D eigenvalue weighted by Crippen LogP contribution is -2.28. The number of ether oxygens (including phenoxy) is 1. The van der Waals surface area contributed by atoms with Crippen molar-refractivity contribution < 1.29 is 4.74 Å². The number of rotatable bonds is 4. The van der Waals surface area contributed by atoms with Gasteiger partial charge in [-0.05, 0) is 31.9 Å². The smallest absolute Gasteiger partial charge is 0.0876 e. The Labute approximate surface area is 74.3 Å². The largest absolute Gasteiger partial charge is 0.501 e. The lowest BCUT2D eigenvalue weighted by molar-refractivity contribution is 0.220. The predicted octanol–water partition coefficient (Wildman–Crippen LogP) is 1.84. The van der Waals surface area contributed by atoms with Gasteiger partial charge in [-0.2, -0.15) is 0 Å². The molecule has 0 aromatic heterocycles. The summed E-state index contributed by atoms with van der Waals surface area (Å²) in [5, 5.41) is 3.25. The van der Waals surface area contributed by atoms with Gasteiger partial charge in [-0.15, -0.1) is 6.58 Å². The Morgan fingerprint density at radius 3 is 3.17 bits per heavy atom. The van der Waals surface area contributed by atoms with Crippen LogP contribution in [0.3, 0.4) is 0 Å². The molecule has 1 atom stereocenters. The Bertz CT molecular complexity index is 175. The van der Waals surface area contributed by atoms with E-state index >= 15 is 0 Å². The zero-order chi connectivity index (χ0) is 8.81. The minimum absolute atomic E-state index is 0.419. The highest BCUT2D eigenvalue weighted by molar-refractivity contribution is 5.11. The normalized spacial score (nSPS) is 19.2. The summed E-state index contributed by atoms with van der Waals surface area (Å²) in [6.45, 7) is 4.60. The molecule has 1 aliphatic heterocycles. The van der Waals surface area contributed by atoms with E-state index in [0.29, 0.717) is 6.04 Å². The molecule has 1 unspecified atom stereocenters. The molecule has 12 heavy (non-hydrogen) atoms. The highest BCUT2D eigenvalue weighted by Gasteiger charge is 2.13. The van der Waals surface area contributed by atoms with Crippen LogP contribution in [-0.4, -0.2) is 19.7 Å². The molecule has 0 aliphatic carbocycles. The molecule has 1 heterocycles. The van der Waals surface area contributed by atoms with E-state index in [2.05, 4.69) is 11.9 Å². The van der Waals surface area contributed by atoms with Crippen LogP contribution in [-0.2, 0) is 4.74 Å².